The maximum absolute atomic E-state index is 12.1. The Hall–Kier alpha value is -1.93. The number of amides is 1. The molecular weight excluding hydrogens is 320 g/mol. The van der Waals surface area contributed by atoms with Crippen molar-refractivity contribution in [1.29, 1.82) is 0 Å². The number of aryl methyl sites for hydroxylation is 1. The van der Waals surface area contributed by atoms with E-state index in [0.717, 1.165) is 50.8 Å². The van der Waals surface area contributed by atoms with Gasteiger partial charge in [0, 0.05) is 71.1 Å². The smallest absolute Gasteiger partial charge is 0.223 e. The third kappa shape index (κ3) is 4.58. The lowest BCUT2D eigenvalue weighted by molar-refractivity contribution is -0.128. The van der Waals surface area contributed by atoms with E-state index >= 15 is 0 Å². The maximum Gasteiger partial charge on any atom is 0.223 e. The van der Waals surface area contributed by atoms with Gasteiger partial charge in [-0.1, -0.05) is 0 Å². The van der Waals surface area contributed by atoms with Crippen molar-refractivity contribution in [2.24, 2.45) is 5.92 Å². The predicted molar refractivity (Wildman–Crippen MR) is 96.4 cm³/mol. The molecule has 0 aliphatic carbocycles. The number of hydrogen-bond acceptors (Lipinski definition) is 7. The summed E-state index contributed by atoms with van der Waals surface area (Å²) in [4.78, 5) is 27.2. The number of ether oxygens (including phenoxy) is 1. The number of likely N-dealkylation sites (tertiary alicyclic amines) is 1. The van der Waals surface area contributed by atoms with Gasteiger partial charge in [-0.15, -0.1) is 0 Å². The van der Waals surface area contributed by atoms with Gasteiger partial charge in [0.1, 0.15) is 5.82 Å². The Balaban J connectivity index is 1.47. The lowest BCUT2D eigenvalue weighted by Crippen LogP contribution is -2.48. The molecule has 1 aromatic rings. The summed E-state index contributed by atoms with van der Waals surface area (Å²) >= 11 is 0. The Kier molecular flexibility index (Phi) is 5.70. The number of carbonyl (C=O) groups excluding carboxylic acids is 1. The molecule has 1 amide bonds. The summed E-state index contributed by atoms with van der Waals surface area (Å²) in [5.41, 5.74) is 6.65. The average molecular weight is 348 g/mol. The van der Waals surface area contributed by atoms with Crippen molar-refractivity contribution in [3.8, 4) is 0 Å². The minimum absolute atomic E-state index is 0.257. The minimum Gasteiger partial charge on any atom is -0.383 e. The molecule has 8 heteroatoms. The Morgan fingerprint density at radius 3 is 2.72 bits per heavy atom. The van der Waals surface area contributed by atoms with Crippen LogP contribution in [0.1, 0.15) is 12.1 Å². The average Bonchev–Trinajstić information content (AvgIpc) is 2.92. The molecule has 2 fully saturated rings. The molecule has 3 rings (SSSR count). The van der Waals surface area contributed by atoms with Gasteiger partial charge in [-0.25, -0.2) is 4.98 Å². The van der Waals surface area contributed by atoms with E-state index in [2.05, 4.69) is 19.8 Å². The van der Waals surface area contributed by atoms with Crippen molar-refractivity contribution >= 4 is 17.7 Å². The lowest BCUT2D eigenvalue weighted by Gasteiger charge is -2.36. The largest absolute Gasteiger partial charge is 0.383 e. The Morgan fingerprint density at radius 1 is 1.28 bits per heavy atom. The summed E-state index contributed by atoms with van der Waals surface area (Å²) in [7, 11) is 1.67. The van der Waals surface area contributed by atoms with E-state index < -0.39 is 0 Å². The van der Waals surface area contributed by atoms with Gasteiger partial charge < -0.3 is 20.3 Å². The number of nitrogens with zero attached hydrogens (tertiary/aromatic N) is 5. The van der Waals surface area contributed by atoms with E-state index in [1.165, 1.54) is 0 Å². The Bertz CT molecular complexity index is 583. The van der Waals surface area contributed by atoms with Gasteiger partial charge in [-0.3, -0.25) is 9.69 Å². The zero-order valence-corrected chi connectivity index (χ0v) is 15.1. The van der Waals surface area contributed by atoms with Crippen molar-refractivity contribution in [1.82, 2.24) is 19.8 Å². The molecule has 0 aromatic carbocycles. The van der Waals surface area contributed by atoms with Gasteiger partial charge in [0.15, 0.2) is 0 Å². The molecule has 0 bridgehead atoms. The predicted octanol–water partition coefficient (Wildman–Crippen LogP) is -0.0159. The minimum atomic E-state index is 0.257. The number of rotatable bonds is 6. The second kappa shape index (κ2) is 7.97. The fourth-order valence-corrected chi connectivity index (χ4v) is 3.65. The summed E-state index contributed by atoms with van der Waals surface area (Å²) in [6.45, 7) is 8.88. The van der Waals surface area contributed by atoms with Crippen LogP contribution >= 0.6 is 0 Å². The van der Waals surface area contributed by atoms with E-state index in [1.807, 2.05) is 17.9 Å². The fraction of sp³-hybridized carbons (Fsp3) is 0.706. The highest BCUT2D eigenvalue weighted by Crippen LogP contribution is 2.21. The molecule has 0 radical (unpaired) electrons. The number of nitrogen functional groups attached to an aromatic ring is 1. The van der Waals surface area contributed by atoms with Crippen LogP contribution in [-0.4, -0.2) is 85.2 Å². The van der Waals surface area contributed by atoms with Crippen LogP contribution in [0.4, 0.5) is 11.8 Å². The van der Waals surface area contributed by atoms with Crippen LogP contribution in [0, 0.1) is 12.8 Å². The first-order valence-electron chi connectivity index (χ1n) is 8.90. The number of hydrogen-bond donors (Lipinski definition) is 1. The van der Waals surface area contributed by atoms with Crippen molar-refractivity contribution in [3.05, 3.63) is 11.8 Å². The second-order valence-corrected chi connectivity index (χ2v) is 6.92. The quantitative estimate of drug-likeness (QED) is 0.773. The molecule has 3 heterocycles. The van der Waals surface area contributed by atoms with Gasteiger partial charge in [0.2, 0.25) is 11.9 Å². The summed E-state index contributed by atoms with van der Waals surface area (Å²) in [5.74, 6) is 1.92. The van der Waals surface area contributed by atoms with E-state index in [4.69, 9.17) is 10.5 Å². The van der Waals surface area contributed by atoms with Gasteiger partial charge in [-0.05, 0) is 12.8 Å². The molecule has 25 heavy (non-hydrogen) atoms. The third-order valence-corrected chi connectivity index (χ3v) is 4.93. The molecule has 2 aliphatic heterocycles. The van der Waals surface area contributed by atoms with E-state index in [9.17, 15) is 4.79 Å². The molecule has 8 nitrogen and oxygen atoms in total. The first-order valence-corrected chi connectivity index (χ1v) is 8.90. The molecule has 1 aromatic heterocycles. The van der Waals surface area contributed by atoms with Crippen molar-refractivity contribution in [2.75, 3.05) is 70.2 Å². The number of aromatic nitrogens is 2. The molecule has 0 saturated carbocycles. The Labute approximate surface area is 148 Å². The van der Waals surface area contributed by atoms with E-state index in [-0.39, 0.29) is 5.91 Å². The molecular formula is C17H28N6O2. The number of nitrogens with two attached hydrogens (primary N) is 1. The van der Waals surface area contributed by atoms with E-state index in [0.29, 0.717) is 31.4 Å². The molecule has 2 aliphatic rings. The maximum atomic E-state index is 12.1. The standard InChI is InChI=1S/C17H28N6O2/c1-13-9-15(20-17(18)19-13)22-5-3-21(4-6-22)11-14-10-16(24)23(12-14)7-8-25-2/h9,14H,3-8,10-12H2,1-2H3,(H2,18,19,20)/t14-/m0/s1. The topological polar surface area (TPSA) is 87.8 Å². The van der Waals surface area contributed by atoms with Crippen LogP contribution in [0.3, 0.4) is 0 Å². The lowest BCUT2D eigenvalue weighted by atomic mass is 10.1. The van der Waals surface area contributed by atoms with Crippen molar-refractivity contribution in [3.63, 3.8) is 0 Å². The fourth-order valence-electron chi connectivity index (χ4n) is 3.65. The zero-order chi connectivity index (χ0) is 17.8. The second-order valence-electron chi connectivity index (χ2n) is 6.92. The molecule has 0 unspecified atom stereocenters. The van der Waals surface area contributed by atoms with Crippen LogP contribution in [0.25, 0.3) is 0 Å². The van der Waals surface area contributed by atoms with Crippen LogP contribution in [0.2, 0.25) is 0 Å². The summed E-state index contributed by atoms with van der Waals surface area (Å²) in [6.07, 6.45) is 0.658. The molecule has 2 saturated heterocycles. The SMILES string of the molecule is COCCN1C[C@H](CN2CCN(c3cc(C)nc(N)n3)CC2)CC1=O. The summed E-state index contributed by atoms with van der Waals surface area (Å²) in [6, 6.07) is 1.98. The van der Waals surface area contributed by atoms with Crippen LogP contribution in [0.5, 0.6) is 0 Å². The highest BCUT2D eigenvalue weighted by molar-refractivity contribution is 5.78. The van der Waals surface area contributed by atoms with Crippen LogP contribution in [-0.2, 0) is 9.53 Å². The van der Waals surface area contributed by atoms with Gasteiger partial charge in [0.05, 0.1) is 6.61 Å². The number of methoxy groups -OCH3 is 1. The molecule has 138 valence electrons. The van der Waals surface area contributed by atoms with Gasteiger partial charge in [-0.2, -0.15) is 4.98 Å². The summed E-state index contributed by atoms with van der Waals surface area (Å²) in [5, 5.41) is 0. The first kappa shape index (κ1) is 17.9. The summed E-state index contributed by atoms with van der Waals surface area (Å²) < 4.78 is 5.08. The van der Waals surface area contributed by atoms with Gasteiger partial charge >= 0.3 is 0 Å². The van der Waals surface area contributed by atoms with E-state index in [1.54, 1.807) is 7.11 Å². The van der Waals surface area contributed by atoms with Crippen LogP contribution < -0.4 is 10.6 Å². The number of carbonyl (C=O) groups is 1. The number of piperazine rings is 1. The van der Waals surface area contributed by atoms with Crippen molar-refractivity contribution in [2.45, 2.75) is 13.3 Å². The monoisotopic (exact) mass is 348 g/mol. The molecule has 1 atom stereocenters. The van der Waals surface area contributed by atoms with Crippen molar-refractivity contribution < 1.29 is 9.53 Å². The molecule has 2 N–H and O–H groups in total. The zero-order valence-electron chi connectivity index (χ0n) is 15.1. The number of anilines is 2. The highest BCUT2D eigenvalue weighted by atomic mass is 16.5. The normalized spacial score (nSPS) is 22.0. The van der Waals surface area contributed by atoms with Gasteiger partial charge in [0.25, 0.3) is 0 Å². The molecule has 0 spiro atoms. The first-order chi connectivity index (χ1) is 12.0. The Morgan fingerprint density at radius 2 is 2.04 bits per heavy atom. The van der Waals surface area contributed by atoms with Crippen LogP contribution in [0.15, 0.2) is 6.07 Å². The third-order valence-electron chi connectivity index (χ3n) is 4.93. The highest BCUT2D eigenvalue weighted by Gasteiger charge is 2.31.